The van der Waals surface area contributed by atoms with Crippen molar-refractivity contribution in [2.75, 3.05) is 19.8 Å². The summed E-state index contributed by atoms with van der Waals surface area (Å²) < 4.78 is 20.1. The van der Waals surface area contributed by atoms with Crippen LogP contribution in [0.4, 0.5) is 0 Å². The molecule has 1 saturated heterocycles. The van der Waals surface area contributed by atoms with Crippen LogP contribution in [-0.4, -0.2) is 50.2 Å². The van der Waals surface area contributed by atoms with Gasteiger partial charge in [0, 0.05) is 11.8 Å². The van der Waals surface area contributed by atoms with Gasteiger partial charge in [0.15, 0.2) is 5.79 Å². The molecule has 2 N–H and O–H groups in total. The third-order valence-electron chi connectivity index (χ3n) is 9.25. The lowest BCUT2D eigenvalue weighted by molar-refractivity contribution is -0.270. The standard InChI is InChI=1S/C34H46O5Si/c1-23-17-30(39-40(33(2,3)4,26-13-9-7-10-14-26)27-15-11-8-12-16-27)32(25-21-37-34(5,6)38-22-25)28-18-24(20-35)19-29(36)31(23)28/h7-18,23,25,28-29,31-32,35-36H,19-22H2,1-6H3/t23-,28-,29-,31+,32-/m1/s1. The molecule has 0 radical (unpaired) electrons. The first-order valence-corrected chi connectivity index (χ1v) is 16.7. The van der Waals surface area contributed by atoms with E-state index in [2.05, 4.69) is 101 Å². The van der Waals surface area contributed by atoms with Crippen molar-refractivity contribution in [3.05, 3.63) is 84.1 Å². The zero-order chi connectivity index (χ0) is 28.7. The summed E-state index contributed by atoms with van der Waals surface area (Å²) in [5, 5.41) is 23.7. The predicted octanol–water partition coefficient (Wildman–Crippen LogP) is 5.03. The summed E-state index contributed by atoms with van der Waals surface area (Å²) in [6, 6.07) is 21.5. The summed E-state index contributed by atoms with van der Waals surface area (Å²) in [6.07, 6.45) is 4.51. The smallest absolute Gasteiger partial charge is 0.319 e. The number of benzene rings is 2. The summed E-state index contributed by atoms with van der Waals surface area (Å²) in [4.78, 5) is 0. The lowest BCUT2D eigenvalue weighted by atomic mass is 9.61. The molecular formula is C34H46O5Si. The summed E-state index contributed by atoms with van der Waals surface area (Å²) >= 11 is 0. The van der Waals surface area contributed by atoms with Gasteiger partial charge in [0.25, 0.3) is 0 Å². The first-order valence-electron chi connectivity index (χ1n) is 14.7. The summed E-state index contributed by atoms with van der Waals surface area (Å²) in [5.74, 6) is 0.526. The molecule has 5 rings (SSSR count). The Labute approximate surface area is 241 Å². The number of hydrogen-bond donors (Lipinski definition) is 2. The number of ether oxygens (including phenoxy) is 2. The SMILES string of the molecule is C[C@@H]1C=C(O[Si](c2ccccc2)(c2ccccc2)C(C)(C)C)[C@H](C2COC(C)(C)OC2)[C@@H]2C=C(CO)C[C@@H](O)[C@H]21. The van der Waals surface area contributed by atoms with Crippen LogP contribution in [0.25, 0.3) is 0 Å². The second kappa shape index (κ2) is 11.2. The van der Waals surface area contributed by atoms with Gasteiger partial charge >= 0.3 is 8.32 Å². The lowest BCUT2D eigenvalue weighted by Gasteiger charge is -2.52. The summed E-state index contributed by atoms with van der Waals surface area (Å²) in [5.41, 5.74) is 0.899. The number of fused-ring (bicyclic) bond motifs is 1. The topological polar surface area (TPSA) is 68.2 Å². The Hall–Kier alpha value is -2.22. The molecule has 2 aromatic carbocycles. The van der Waals surface area contributed by atoms with Crippen LogP contribution in [0, 0.1) is 29.6 Å². The van der Waals surface area contributed by atoms with E-state index in [1.54, 1.807) is 0 Å². The minimum Gasteiger partial charge on any atom is -0.537 e. The van der Waals surface area contributed by atoms with Crippen molar-refractivity contribution in [3.8, 4) is 0 Å². The maximum atomic E-state index is 11.3. The molecule has 0 saturated carbocycles. The molecule has 0 spiro atoms. The van der Waals surface area contributed by atoms with Gasteiger partial charge < -0.3 is 24.1 Å². The van der Waals surface area contributed by atoms with Crippen molar-refractivity contribution in [3.63, 3.8) is 0 Å². The van der Waals surface area contributed by atoms with E-state index < -0.39 is 20.2 Å². The molecular weight excluding hydrogens is 516 g/mol. The molecule has 1 fully saturated rings. The Morgan fingerprint density at radius 2 is 1.48 bits per heavy atom. The number of aliphatic hydroxyl groups is 2. The molecule has 2 aromatic rings. The van der Waals surface area contributed by atoms with Crippen LogP contribution in [0.3, 0.4) is 0 Å². The van der Waals surface area contributed by atoms with E-state index in [-0.39, 0.29) is 41.2 Å². The van der Waals surface area contributed by atoms with Gasteiger partial charge in [0.1, 0.15) is 0 Å². The van der Waals surface area contributed by atoms with Crippen LogP contribution < -0.4 is 10.4 Å². The fraction of sp³-hybridized carbons (Fsp3) is 0.529. The van der Waals surface area contributed by atoms with Crippen molar-refractivity contribution in [2.45, 2.75) is 64.9 Å². The Morgan fingerprint density at radius 3 is 1.98 bits per heavy atom. The van der Waals surface area contributed by atoms with Gasteiger partial charge in [-0.2, -0.15) is 0 Å². The number of aliphatic hydroxyl groups excluding tert-OH is 2. The van der Waals surface area contributed by atoms with Crippen LogP contribution in [-0.2, 0) is 13.9 Å². The molecule has 0 bridgehead atoms. The van der Waals surface area contributed by atoms with Crippen molar-refractivity contribution < 1.29 is 24.1 Å². The van der Waals surface area contributed by atoms with Gasteiger partial charge in [-0.05, 0) is 65.1 Å². The lowest BCUT2D eigenvalue weighted by Crippen LogP contribution is -2.67. The molecule has 0 aromatic heterocycles. The molecule has 6 heteroatoms. The van der Waals surface area contributed by atoms with Gasteiger partial charge in [0.2, 0.25) is 0 Å². The van der Waals surface area contributed by atoms with Gasteiger partial charge in [-0.1, -0.05) is 94.4 Å². The van der Waals surface area contributed by atoms with E-state index in [0.29, 0.717) is 19.6 Å². The van der Waals surface area contributed by atoms with Gasteiger partial charge in [-0.25, -0.2) is 0 Å². The van der Waals surface area contributed by atoms with Crippen molar-refractivity contribution in [2.24, 2.45) is 29.6 Å². The zero-order valence-electron chi connectivity index (χ0n) is 24.8. The number of rotatable bonds is 6. The van der Waals surface area contributed by atoms with Gasteiger partial charge in [-0.3, -0.25) is 0 Å². The summed E-state index contributed by atoms with van der Waals surface area (Å²) in [7, 11) is -2.88. The van der Waals surface area contributed by atoms with Crippen LogP contribution in [0.5, 0.6) is 0 Å². The molecule has 3 aliphatic rings. The number of hydrogen-bond acceptors (Lipinski definition) is 5. The first kappa shape index (κ1) is 29.3. The second-order valence-corrected chi connectivity index (χ2v) is 17.6. The second-order valence-electron chi connectivity index (χ2n) is 13.4. The highest BCUT2D eigenvalue weighted by Gasteiger charge is 2.55. The van der Waals surface area contributed by atoms with Gasteiger partial charge in [0.05, 0.1) is 31.7 Å². The first-order chi connectivity index (χ1) is 19.0. The highest BCUT2D eigenvalue weighted by Crippen LogP contribution is 2.51. The highest BCUT2D eigenvalue weighted by atomic mass is 28.4. The number of allylic oxidation sites excluding steroid dienone is 3. The third-order valence-corrected chi connectivity index (χ3v) is 14.2. The zero-order valence-corrected chi connectivity index (χ0v) is 25.8. The van der Waals surface area contributed by atoms with E-state index in [1.165, 1.54) is 10.4 Å². The minimum atomic E-state index is -2.88. The highest BCUT2D eigenvalue weighted by molar-refractivity contribution is 6.99. The normalized spacial score (nSPS) is 29.2. The van der Waals surface area contributed by atoms with Crippen LogP contribution >= 0.6 is 0 Å². The Bertz CT molecular complexity index is 1170. The van der Waals surface area contributed by atoms with E-state index in [1.807, 2.05) is 13.8 Å². The largest absolute Gasteiger partial charge is 0.537 e. The van der Waals surface area contributed by atoms with E-state index in [9.17, 15) is 10.2 Å². The minimum absolute atomic E-state index is 0.0116. The molecule has 5 nitrogen and oxygen atoms in total. The molecule has 0 unspecified atom stereocenters. The Balaban J connectivity index is 1.68. The maximum Gasteiger partial charge on any atom is 0.319 e. The molecule has 2 aliphatic carbocycles. The molecule has 40 heavy (non-hydrogen) atoms. The van der Waals surface area contributed by atoms with Crippen LogP contribution in [0.15, 0.2) is 84.1 Å². The van der Waals surface area contributed by atoms with Crippen molar-refractivity contribution in [1.82, 2.24) is 0 Å². The fourth-order valence-corrected chi connectivity index (χ4v) is 11.8. The molecule has 1 heterocycles. The monoisotopic (exact) mass is 562 g/mol. The molecule has 1 aliphatic heterocycles. The van der Waals surface area contributed by atoms with E-state index >= 15 is 0 Å². The molecule has 5 atom stereocenters. The van der Waals surface area contributed by atoms with Gasteiger partial charge in [-0.15, -0.1) is 0 Å². The Kier molecular flexibility index (Phi) is 8.21. The predicted molar refractivity (Wildman–Crippen MR) is 162 cm³/mol. The van der Waals surface area contributed by atoms with E-state index in [4.69, 9.17) is 13.9 Å². The Morgan fingerprint density at radius 1 is 0.925 bits per heavy atom. The molecule has 216 valence electrons. The average Bonchev–Trinajstić information content (AvgIpc) is 2.92. The quantitative estimate of drug-likeness (QED) is 0.382. The summed E-state index contributed by atoms with van der Waals surface area (Å²) in [6.45, 7) is 14.1. The molecule has 0 amide bonds. The van der Waals surface area contributed by atoms with E-state index in [0.717, 1.165) is 11.3 Å². The van der Waals surface area contributed by atoms with Crippen LogP contribution in [0.1, 0.15) is 48.0 Å². The average molecular weight is 563 g/mol. The van der Waals surface area contributed by atoms with Crippen LogP contribution in [0.2, 0.25) is 5.04 Å². The fourth-order valence-electron chi connectivity index (χ4n) is 7.33. The van der Waals surface area contributed by atoms with Crippen molar-refractivity contribution >= 4 is 18.7 Å². The van der Waals surface area contributed by atoms with Crippen molar-refractivity contribution in [1.29, 1.82) is 0 Å². The third kappa shape index (κ3) is 5.37. The maximum absolute atomic E-state index is 11.3.